The first-order valence-corrected chi connectivity index (χ1v) is 3.75. The minimum atomic E-state index is -0.718. The van der Waals surface area contributed by atoms with Gasteiger partial charge in [0.2, 0.25) is 0 Å². The van der Waals surface area contributed by atoms with Crippen LogP contribution in [0.4, 0.5) is 0 Å². The number of hydrogen-bond donors (Lipinski definition) is 0. The van der Waals surface area contributed by atoms with E-state index in [-0.39, 0.29) is 17.4 Å². The molecule has 1 atom stereocenters. The summed E-state index contributed by atoms with van der Waals surface area (Å²) in [7, 11) is -0.718. The van der Waals surface area contributed by atoms with Crippen LogP contribution in [0.25, 0.3) is 0 Å². The van der Waals surface area contributed by atoms with E-state index < -0.39 is 8.69 Å². The number of benzene rings is 1. The number of aryl methyl sites for hydroxylation is 1. The molecule has 1 aromatic rings. The predicted molar refractivity (Wildman–Crippen MR) is 50.7 cm³/mol. The van der Waals surface area contributed by atoms with Crippen LogP contribution in [0, 0.1) is 6.92 Å². The van der Waals surface area contributed by atoms with Gasteiger partial charge in [0.15, 0.2) is 23.1 Å². The largest absolute Gasteiger partial charge is 0.542 e. The lowest BCUT2D eigenvalue weighted by atomic mass is 10.2. The zero-order chi connectivity index (χ0) is 7.40. The fourth-order valence-corrected chi connectivity index (χ4v) is 0.887. The minimum absolute atomic E-state index is 0. The van der Waals surface area contributed by atoms with Gasteiger partial charge in [0.25, 0.3) is 0 Å². The fourth-order valence-electron chi connectivity index (χ4n) is 0.654. The first-order chi connectivity index (χ1) is 4.83. The summed E-state index contributed by atoms with van der Waals surface area (Å²) >= 11 is 0. The maximum absolute atomic E-state index is 9.99. The molecule has 0 bridgehead atoms. The quantitative estimate of drug-likeness (QED) is 0.510. The van der Waals surface area contributed by atoms with Crippen LogP contribution in [0.2, 0.25) is 0 Å². The standard InChI is InChI=1S/C7H8O2P.Al.3H/c1-6-2-4-7(5-3-6)9-10-8;;;;/h2-5,10H,1H3;;;;/q+1;;;;. The fraction of sp³-hybridized carbons (Fsp3) is 0.143. The van der Waals surface area contributed by atoms with Crippen molar-refractivity contribution in [3.63, 3.8) is 0 Å². The third-order valence-corrected chi connectivity index (χ3v) is 1.50. The van der Waals surface area contributed by atoms with Gasteiger partial charge in [0.05, 0.1) is 0 Å². The lowest BCUT2D eigenvalue weighted by Gasteiger charge is -1.90. The van der Waals surface area contributed by atoms with E-state index in [0.29, 0.717) is 5.75 Å². The molecule has 0 heterocycles. The summed E-state index contributed by atoms with van der Waals surface area (Å²) < 4.78 is 14.7. The molecule has 11 heavy (non-hydrogen) atoms. The van der Waals surface area contributed by atoms with Crippen molar-refractivity contribution < 1.29 is 9.09 Å². The molecular weight excluding hydrogens is 174 g/mol. The highest BCUT2D eigenvalue weighted by atomic mass is 31.1. The SMILES string of the molecule is Cc1ccc(O[PH+]=O)cc1.[AlH3]. The molecule has 0 aromatic heterocycles. The lowest BCUT2D eigenvalue weighted by molar-refractivity contribution is 0.525. The van der Waals surface area contributed by atoms with E-state index in [2.05, 4.69) is 0 Å². The number of hydrogen-bond acceptors (Lipinski definition) is 2. The highest BCUT2D eigenvalue weighted by Gasteiger charge is 1.94. The Morgan fingerprint density at radius 1 is 1.27 bits per heavy atom. The smallest absolute Gasteiger partial charge is 0.256 e. The van der Waals surface area contributed by atoms with Crippen molar-refractivity contribution >= 4 is 26.0 Å². The molecule has 1 rings (SSSR count). The van der Waals surface area contributed by atoms with Gasteiger partial charge < -0.3 is 0 Å². The van der Waals surface area contributed by atoms with E-state index >= 15 is 0 Å². The van der Waals surface area contributed by atoms with Crippen molar-refractivity contribution in [3.8, 4) is 5.75 Å². The van der Waals surface area contributed by atoms with Crippen LogP contribution in [0.5, 0.6) is 5.75 Å². The first kappa shape index (κ1) is 10.7. The molecule has 1 unspecified atom stereocenters. The molecule has 1 aromatic carbocycles. The zero-order valence-corrected chi connectivity index (χ0v) is 6.63. The summed E-state index contributed by atoms with van der Waals surface area (Å²) in [6.07, 6.45) is 0. The Balaban J connectivity index is 0.000001000. The lowest BCUT2D eigenvalue weighted by Crippen LogP contribution is -1.74. The van der Waals surface area contributed by atoms with E-state index in [4.69, 9.17) is 4.52 Å². The van der Waals surface area contributed by atoms with E-state index in [1.807, 2.05) is 19.1 Å². The van der Waals surface area contributed by atoms with E-state index in [9.17, 15) is 4.57 Å². The average Bonchev–Trinajstić information content (AvgIpc) is 1.95. The number of rotatable bonds is 2. The Kier molecular flexibility index (Phi) is 5.15. The van der Waals surface area contributed by atoms with Gasteiger partial charge in [-0.3, -0.25) is 4.52 Å². The van der Waals surface area contributed by atoms with Crippen molar-refractivity contribution in [1.29, 1.82) is 0 Å². The van der Waals surface area contributed by atoms with Crippen LogP contribution in [-0.4, -0.2) is 17.4 Å². The van der Waals surface area contributed by atoms with Crippen LogP contribution in [0.1, 0.15) is 5.56 Å². The van der Waals surface area contributed by atoms with E-state index in [0.717, 1.165) is 0 Å². The molecule has 0 aliphatic carbocycles. The Labute approximate surface area is 78.0 Å². The summed E-state index contributed by atoms with van der Waals surface area (Å²) in [5.41, 5.74) is 1.17. The molecule has 4 heteroatoms. The monoisotopic (exact) mass is 185 g/mol. The molecule has 0 saturated carbocycles. The molecule has 0 aliphatic rings. The maximum Gasteiger partial charge on any atom is 0.542 e. The van der Waals surface area contributed by atoms with Crippen LogP contribution >= 0.6 is 8.69 Å². The van der Waals surface area contributed by atoms with Crippen LogP contribution < -0.4 is 4.52 Å². The average molecular weight is 185 g/mol. The van der Waals surface area contributed by atoms with Crippen LogP contribution in [0.3, 0.4) is 0 Å². The normalized spacial score (nSPS) is 8.82. The molecule has 0 spiro atoms. The Hall–Kier alpha value is -0.348. The second-order valence-electron chi connectivity index (χ2n) is 2.00. The topological polar surface area (TPSA) is 26.3 Å². The first-order valence-electron chi connectivity index (χ1n) is 2.93. The predicted octanol–water partition coefficient (Wildman–Crippen LogP) is 1.13. The second-order valence-corrected chi connectivity index (χ2v) is 2.37. The van der Waals surface area contributed by atoms with Gasteiger partial charge in [-0.1, -0.05) is 17.7 Å². The summed E-state index contributed by atoms with van der Waals surface area (Å²) in [4.78, 5) is 0. The molecule has 0 fully saturated rings. The van der Waals surface area contributed by atoms with Gasteiger partial charge in [-0.05, 0) is 23.6 Å². The van der Waals surface area contributed by atoms with Gasteiger partial charge in [-0.25, -0.2) is 0 Å². The van der Waals surface area contributed by atoms with Gasteiger partial charge in [0.1, 0.15) is 0 Å². The molecule has 0 amide bonds. The van der Waals surface area contributed by atoms with Crippen molar-refractivity contribution in [1.82, 2.24) is 0 Å². The molecule has 0 N–H and O–H groups in total. The molecule has 0 saturated heterocycles. The van der Waals surface area contributed by atoms with Crippen molar-refractivity contribution in [2.24, 2.45) is 0 Å². The van der Waals surface area contributed by atoms with Crippen molar-refractivity contribution in [2.45, 2.75) is 6.92 Å². The van der Waals surface area contributed by atoms with Gasteiger partial charge in [-0.2, -0.15) is 0 Å². The molecule has 0 aliphatic heterocycles. The van der Waals surface area contributed by atoms with E-state index in [1.54, 1.807) is 12.1 Å². The molecule has 58 valence electrons. The van der Waals surface area contributed by atoms with Crippen molar-refractivity contribution in [2.75, 3.05) is 0 Å². The van der Waals surface area contributed by atoms with Crippen LogP contribution in [-0.2, 0) is 4.57 Å². The molecule has 2 nitrogen and oxygen atoms in total. The van der Waals surface area contributed by atoms with Gasteiger partial charge in [0, 0.05) is 0 Å². The molecule has 0 radical (unpaired) electrons. The highest BCUT2D eigenvalue weighted by molar-refractivity contribution is 7.17. The Morgan fingerprint density at radius 2 is 1.82 bits per heavy atom. The highest BCUT2D eigenvalue weighted by Crippen LogP contribution is 2.14. The van der Waals surface area contributed by atoms with Crippen LogP contribution in [0.15, 0.2) is 24.3 Å². The van der Waals surface area contributed by atoms with Crippen molar-refractivity contribution in [3.05, 3.63) is 29.8 Å². The second kappa shape index (κ2) is 5.32. The summed E-state index contributed by atoms with van der Waals surface area (Å²) in [6, 6.07) is 7.41. The summed E-state index contributed by atoms with van der Waals surface area (Å²) in [5.74, 6) is 0.652. The Bertz CT molecular complexity index is 222. The van der Waals surface area contributed by atoms with Gasteiger partial charge in [-0.15, -0.1) is 0 Å². The Morgan fingerprint density at radius 3 is 2.27 bits per heavy atom. The third kappa shape index (κ3) is 3.53. The zero-order valence-electron chi connectivity index (χ0n) is 5.63. The summed E-state index contributed by atoms with van der Waals surface area (Å²) in [6.45, 7) is 1.99. The minimum Gasteiger partial charge on any atom is -0.256 e. The third-order valence-electron chi connectivity index (χ3n) is 1.18. The summed E-state index contributed by atoms with van der Waals surface area (Å²) in [5, 5.41) is 0. The molecular formula is C7H11AlO2P+. The van der Waals surface area contributed by atoms with Gasteiger partial charge >= 0.3 is 8.69 Å². The van der Waals surface area contributed by atoms with E-state index in [1.165, 1.54) is 5.56 Å². The maximum atomic E-state index is 9.99.